The van der Waals surface area contributed by atoms with E-state index in [1.54, 1.807) is 6.07 Å². The van der Waals surface area contributed by atoms with Gasteiger partial charge in [-0.2, -0.15) is 0 Å². The van der Waals surface area contributed by atoms with Crippen LogP contribution in [0.1, 0.15) is 18.1 Å². The summed E-state index contributed by atoms with van der Waals surface area (Å²) in [5.74, 6) is -1.12. The molecule has 120 valence electrons. The van der Waals surface area contributed by atoms with Gasteiger partial charge in [0.25, 0.3) is 0 Å². The van der Waals surface area contributed by atoms with Crippen LogP contribution in [0.4, 0.5) is 15.8 Å². The topological polar surface area (TPSA) is 49.4 Å². The molecule has 0 radical (unpaired) electrons. The van der Waals surface area contributed by atoms with Crippen LogP contribution in [-0.2, 0) is 9.59 Å². The highest BCUT2D eigenvalue weighted by Crippen LogP contribution is 2.17. The van der Waals surface area contributed by atoms with Crippen LogP contribution in [-0.4, -0.2) is 18.4 Å². The summed E-state index contributed by atoms with van der Waals surface area (Å²) in [6, 6.07) is 11.3. The molecule has 0 saturated carbocycles. The zero-order valence-electron chi connectivity index (χ0n) is 13.4. The number of anilines is 2. The van der Waals surface area contributed by atoms with Gasteiger partial charge in [0.2, 0.25) is 11.8 Å². The van der Waals surface area contributed by atoms with E-state index in [2.05, 4.69) is 5.32 Å². The molecule has 0 saturated heterocycles. The number of benzene rings is 2. The number of amides is 2. The molecular weight excluding hydrogens is 295 g/mol. The van der Waals surface area contributed by atoms with Gasteiger partial charge in [0.15, 0.2) is 0 Å². The number of halogens is 1. The lowest BCUT2D eigenvalue weighted by atomic mass is 10.1. The van der Waals surface area contributed by atoms with E-state index in [0.717, 1.165) is 11.1 Å². The molecule has 0 unspecified atom stereocenters. The molecule has 1 N–H and O–H groups in total. The van der Waals surface area contributed by atoms with Crippen LogP contribution in [0.25, 0.3) is 0 Å². The lowest BCUT2D eigenvalue weighted by Gasteiger charge is -2.21. The smallest absolute Gasteiger partial charge is 0.244 e. The van der Waals surface area contributed by atoms with Crippen LogP contribution in [0, 0.1) is 19.7 Å². The number of hydrogen-bond acceptors (Lipinski definition) is 2. The van der Waals surface area contributed by atoms with E-state index < -0.39 is 5.82 Å². The quantitative estimate of drug-likeness (QED) is 0.940. The Balaban J connectivity index is 2.14. The third-order valence-corrected chi connectivity index (χ3v) is 3.31. The molecule has 0 heterocycles. The van der Waals surface area contributed by atoms with Crippen molar-refractivity contribution < 1.29 is 14.0 Å². The van der Waals surface area contributed by atoms with E-state index in [1.807, 2.05) is 32.0 Å². The zero-order valence-corrected chi connectivity index (χ0v) is 13.4. The minimum Gasteiger partial charge on any atom is -0.325 e. The van der Waals surface area contributed by atoms with Crippen LogP contribution in [0.5, 0.6) is 0 Å². The third kappa shape index (κ3) is 4.64. The zero-order chi connectivity index (χ0) is 17.0. The van der Waals surface area contributed by atoms with Crippen molar-refractivity contribution in [2.45, 2.75) is 20.8 Å². The Morgan fingerprint density at radius 3 is 2.30 bits per heavy atom. The minimum absolute atomic E-state index is 0.175. The van der Waals surface area contributed by atoms with Crippen molar-refractivity contribution in [2.75, 3.05) is 16.8 Å². The van der Waals surface area contributed by atoms with Crippen molar-refractivity contribution in [3.63, 3.8) is 0 Å². The fourth-order valence-corrected chi connectivity index (χ4v) is 2.42. The summed E-state index contributed by atoms with van der Waals surface area (Å²) in [6.45, 7) is 5.05. The van der Waals surface area contributed by atoms with Crippen molar-refractivity contribution in [2.24, 2.45) is 0 Å². The molecule has 0 aromatic heterocycles. The van der Waals surface area contributed by atoms with Gasteiger partial charge in [0.1, 0.15) is 12.4 Å². The summed E-state index contributed by atoms with van der Waals surface area (Å²) in [5, 5.41) is 2.77. The molecule has 0 bridgehead atoms. The normalized spacial score (nSPS) is 10.3. The molecule has 23 heavy (non-hydrogen) atoms. The van der Waals surface area contributed by atoms with Crippen molar-refractivity contribution in [1.82, 2.24) is 0 Å². The Kier molecular flexibility index (Phi) is 5.11. The largest absolute Gasteiger partial charge is 0.325 e. The maximum atomic E-state index is 13.3. The molecule has 5 heteroatoms. The summed E-state index contributed by atoms with van der Waals surface area (Å²) in [4.78, 5) is 25.2. The van der Waals surface area contributed by atoms with E-state index in [0.29, 0.717) is 11.4 Å². The number of nitrogens with one attached hydrogen (secondary N) is 1. The molecular formula is C18H19FN2O2. The van der Waals surface area contributed by atoms with Crippen molar-refractivity contribution in [1.29, 1.82) is 0 Å². The van der Waals surface area contributed by atoms with Gasteiger partial charge in [-0.3, -0.25) is 9.59 Å². The van der Waals surface area contributed by atoms with Crippen LogP contribution in [0.3, 0.4) is 0 Å². The van der Waals surface area contributed by atoms with Gasteiger partial charge in [0.05, 0.1) is 0 Å². The molecule has 2 aromatic carbocycles. The maximum absolute atomic E-state index is 13.3. The first-order chi connectivity index (χ1) is 10.8. The van der Waals surface area contributed by atoms with E-state index >= 15 is 0 Å². The highest BCUT2D eigenvalue weighted by molar-refractivity contribution is 6.01. The van der Waals surface area contributed by atoms with Crippen LogP contribution in [0.2, 0.25) is 0 Å². The average Bonchev–Trinajstić information content (AvgIpc) is 2.43. The van der Waals surface area contributed by atoms with Crippen LogP contribution in [0.15, 0.2) is 42.5 Å². The first kappa shape index (κ1) is 16.7. The molecule has 0 aliphatic carbocycles. The van der Waals surface area contributed by atoms with Crippen molar-refractivity contribution in [3.8, 4) is 0 Å². The Labute approximate surface area is 134 Å². The first-order valence-electron chi connectivity index (χ1n) is 7.27. The maximum Gasteiger partial charge on any atom is 0.244 e. The SMILES string of the molecule is CC(=O)N(CC(=O)Nc1cc(C)cc(C)c1)c1cccc(F)c1. The minimum atomic E-state index is -0.455. The predicted molar refractivity (Wildman–Crippen MR) is 89.0 cm³/mol. The number of carbonyl (C=O) groups is 2. The number of hydrogen-bond donors (Lipinski definition) is 1. The van der Waals surface area contributed by atoms with Crippen molar-refractivity contribution in [3.05, 3.63) is 59.4 Å². The molecule has 4 nitrogen and oxygen atoms in total. The molecule has 2 aromatic rings. The van der Waals surface area contributed by atoms with Gasteiger partial charge in [-0.15, -0.1) is 0 Å². The number of aryl methyl sites for hydroxylation is 2. The van der Waals surface area contributed by atoms with Crippen LogP contribution < -0.4 is 10.2 Å². The molecule has 2 amide bonds. The van der Waals surface area contributed by atoms with E-state index in [1.165, 1.54) is 30.0 Å². The summed E-state index contributed by atoms with van der Waals surface area (Å²) in [7, 11) is 0. The monoisotopic (exact) mass is 314 g/mol. The molecule has 0 aliphatic heterocycles. The molecule has 0 aliphatic rings. The second-order valence-corrected chi connectivity index (χ2v) is 5.51. The average molecular weight is 314 g/mol. The van der Waals surface area contributed by atoms with Gasteiger partial charge in [0, 0.05) is 18.3 Å². The van der Waals surface area contributed by atoms with E-state index in [-0.39, 0.29) is 18.4 Å². The van der Waals surface area contributed by atoms with E-state index in [9.17, 15) is 14.0 Å². The molecule has 0 fully saturated rings. The second-order valence-electron chi connectivity index (χ2n) is 5.51. The third-order valence-electron chi connectivity index (χ3n) is 3.31. The molecule has 0 atom stereocenters. The summed E-state index contributed by atoms with van der Waals surface area (Å²) in [5.41, 5.74) is 3.10. The Hall–Kier alpha value is -2.69. The first-order valence-corrected chi connectivity index (χ1v) is 7.27. The van der Waals surface area contributed by atoms with Gasteiger partial charge >= 0.3 is 0 Å². The standard InChI is InChI=1S/C18H19FN2O2/c1-12-7-13(2)9-16(8-12)20-18(23)11-21(14(3)22)17-6-4-5-15(19)10-17/h4-10H,11H2,1-3H3,(H,20,23). The van der Waals surface area contributed by atoms with Gasteiger partial charge in [-0.1, -0.05) is 12.1 Å². The van der Waals surface area contributed by atoms with Gasteiger partial charge in [-0.05, 0) is 55.3 Å². The number of nitrogens with zero attached hydrogens (tertiary/aromatic N) is 1. The highest BCUT2D eigenvalue weighted by atomic mass is 19.1. The van der Waals surface area contributed by atoms with Crippen molar-refractivity contribution >= 4 is 23.2 Å². The summed E-state index contributed by atoms with van der Waals surface area (Å²) >= 11 is 0. The van der Waals surface area contributed by atoms with Gasteiger partial charge < -0.3 is 10.2 Å². The fourth-order valence-electron chi connectivity index (χ4n) is 2.42. The second kappa shape index (κ2) is 7.05. The lowest BCUT2D eigenvalue weighted by molar-refractivity contribution is -0.120. The summed E-state index contributed by atoms with van der Waals surface area (Å²) in [6.07, 6.45) is 0. The number of carbonyl (C=O) groups excluding carboxylic acids is 2. The van der Waals surface area contributed by atoms with E-state index in [4.69, 9.17) is 0 Å². The Morgan fingerprint density at radius 1 is 1.09 bits per heavy atom. The summed E-state index contributed by atoms with van der Waals surface area (Å²) < 4.78 is 13.3. The predicted octanol–water partition coefficient (Wildman–Crippen LogP) is 3.43. The highest BCUT2D eigenvalue weighted by Gasteiger charge is 2.16. The Morgan fingerprint density at radius 2 is 1.74 bits per heavy atom. The molecule has 0 spiro atoms. The molecule has 2 rings (SSSR count). The fraction of sp³-hybridized carbons (Fsp3) is 0.222. The van der Waals surface area contributed by atoms with Crippen LogP contribution >= 0.6 is 0 Å². The number of rotatable bonds is 4. The lowest BCUT2D eigenvalue weighted by Crippen LogP contribution is -2.36. The van der Waals surface area contributed by atoms with Gasteiger partial charge in [-0.25, -0.2) is 4.39 Å². The Bertz CT molecular complexity index is 723.